The van der Waals surface area contributed by atoms with Crippen molar-refractivity contribution in [2.24, 2.45) is 0 Å². The van der Waals surface area contributed by atoms with Crippen molar-refractivity contribution in [1.82, 2.24) is 0 Å². The summed E-state index contributed by atoms with van der Waals surface area (Å²) in [6, 6.07) is 66.4. The predicted molar refractivity (Wildman–Crippen MR) is 218 cm³/mol. The third kappa shape index (κ3) is 4.22. The first-order chi connectivity index (χ1) is 25.3. The molecule has 0 spiro atoms. The molecule has 0 aliphatic heterocycles. The summed E-state index contributed by atoms with van der Waals surface area (Å²) in [5.74, 6) is 0. The van der Waals surface area contributed by atoms with Gasteiger partial charge in [0, 0.05) is 10.8 Å². The largest absolute Gasteiger partial charge is 0.456 e. The van der Waals surface area contributed by atoms with Gasteiger partial charge in [-0.1, -0.05) is 158 Å². The number of hydrogen-bond acceptors (Lipinski definition) is 1. The van der Waals surface area contributed by atoms with Gasteiger partial charge < -0.3 is 4.42 Å². The van der Waals surface area contributed by atoms with Crippen molar-refractivity contribution >= 4 is 75.8 Å². The van der Waals surface area contributed by atoms with Crippen molar-refractivity contribution in [3.63, 3.8) is 0 Å². The average molecular weight is 647 g/mol. The zero-order valence-electron chi connectivity index (χ0n) is 27.7. The predicted octanol–water partition coefficient (Wildman–Crippen LogP) is 14.4. The van der Waals surface area contributed by atoms with Crippen molar-refractivity contribution in [3.05, 3.63) is 182 Å². The molecule has 10 aromatic carbocycles. The summed E-state index contributed by atoms with van der Waals surface area (Å²) in [7, 11) is 0. The van der Waals surface area contributed by atoms with E-state index in [2.05, 4.69) is 182 Å². The zero-order chi connectivity index (χ0) is 33.5. The van der Waals surface area contributed by atoms with E-state index in [-0.39, 0.29) is 0 Å². The highest BCUT2D eigenvalue weighted by atomic mass is 16.3. The lowest BCUT2D eigenvalue weighted by atomic mass is 9.82. The van der Waals surface area contributed by atoms with Gasteiger partial charge in [0.2, 0.25) is 0 Å². The van der Waals surface area contributed by atoms with E-state index in [1.165, 1.54) is 87.2 Å². The van der Waals surface area contributed by atoms with Gasteiger partial charge in [-0.3, -0.25) is 0 Å². The summed E-state index contributed by atoms with van der Waals surface area (Å²) in [6.45, 7) is 0. The summed E-state index contributed by atoms with van der Waals surface area (Å²) < 4.78 is 6.62. The van der Waals surface area contributed by atoms with Crippen LogP contribution in [0.15, 0.2) is 186 Å². The third-order valence-corrected chi connectivity index (χ3v) is 10.8. The molecule has 0 saturated carbocycles. The lowest BCUT2D eigenvalue weighted by molar-refractivity contribution is 0.669. The van der Waals surface area contributed by atoms with E-state index in [1.807, 2.05) is 0 Å². The van der Waals surface area contributed by atoms with Gasteiger partial charge in [-0.25, -0.2) is 0 Å². The Balaban J connectivity index is 1.31. The highest BCUT2D eigenvalue weighted by Crippen LogP contribution is 2.49. The minimum Gasteiger partial charge on any atom is -0.456 e. The Labute approximate surface area is 294 Å². The molecule has 0 N–H and O–H groups in total. The number of fused-ring (bicyclic) bond motifs is 9. The summed E-state index contributed by atoms with van der Waals surface area (Å²) in [5.41, 5.74) is 9.14. The van der Waals surface area contributed by atoms with E-state index in [4.69, 9.17) is 4.42 Å². The highest BCUT2D eigenvalue weighted by molar-refractivity contribution is 6.28. The molecule has 0 aliphatic carbocycles. The van der Waals surface area contributed by atoms with Gasteiger partial charge in [0.1, 0.15) is 11.2 Å². The van der Waals surface area contributed by atoms with Crippen LogP contribution in [-0.4, -0.2) is 0 Å². The fourth-order valence-electron chi connectivity index (χ4n) is 8.55. The standard InChI is InChI=1S/C50H30O/c1-2-12-31(13-3-1)35-25-27-42-44(28-35)49(43-22-11-23-46-50(43)45-29-33-15-4-5-16-34(33)30-47(45)51-46)41-19-9-8-18-40(41)48(42)39-21-10-20-37-36-17-7-6-14-32(36)24-26-38(37)39/h1-30H. The maximum absolute atomic E-state index is 6.62. The first-order valence-electron chi connectivity index (χ1n) is 17.6. The second-order valence-corrected chi connectivity index (χ2v) is 13.6. The van der Waals surface area contributed by atoms with E-state index >= 15 is 0 Å². The number of hydrogen-bond donors (Lipinski definition) is 0. The van der Waals surface area contributed by atoms with E-state index in [0.29, 0.717) is 0 Å². The molecule has 1 heteroatoms. The first-order valence-corrected chi connectivity index (χ1v) is 17.6. The molecule has 0 amide bonds. The Hall–Kier alpha value is -6.70. The molecule has 0 radical (unpaired) electrons. The van der Waals surface area contributed by atoms with Gasteiger partial charge >= 0.3 is 0 Å². The van der Waals surface area contributed by atoms with E-state index in [1.54, 1.807) is 0 Å². The second-order valence-electron chi connectivity index (χ2n) is 13.6. The molecule has 51 heavy (non-hydrogen) atoms. The van der Waals surface area contributed by atoms with Gasteiger partial charge in [0.15, 0.2) is 0 Å². The van der Waals surface area contributed by atoms with Crippen LogP contribution in [0.25, 0.3) is 109 Å². The second kappa shape index (κ2) is 10.9. The normalized spacial score (nSPS) is 11.9. The Morgan fingerprint density at radius 1 is 0.275 bits per heavy atom. The lowest BCUT2D eigenvalue weighted by Crippen LogP contribution is -1.93. The minimum atomic E-state index is 0.902. The summed E-state index contributed by atoms with van der Waals surface area (Å²) in [4.78, 5) is 0. The Bertz CT molecular complexity index is 3180. The molecule has 0 bridgehead atoms. The van der Waals surface area contributed by atoms with Gasteiger partial charge in [0.05, 0.1) is 0 Å². The quantitative estimate of drug-likeness (QED) is 0.138. The molecule has 0 fully saturated rings. The van der Waals surface area contributed by atoms with E-state index in [0.717, 1.165) is 21.9 Å². The van der Waals surface area contributed by atoms with Crippen LogP contribution in [0, 0.1) is 0 Å². The Morgan fingerprint density at radius 3 is 1.71 bits per heavy atom. The van der Waals surface area contributed by atoms with Crippen molar-refractivity contribution < 1.29 is 4.42 Å². The van der Waals surface area contributed by atoms with Gasteiger partial charge in [0.25, 0.3) is 0 Å². The van der Waals surface area contributed by atoms with Crippen molar-refractivity contribution in [2.75, 3.05) is 0 Å². The molecule has 0 unspecified atom stereocenters. The molecule has 1 heterocycles. The molecular formula is C50H30O. The van der Waals surface area contributed by atoms with Crippen LogP contribution in [-0.2, 0) is 0 Å². The van der Waals surface area contributed by atoms with Crippen molar-refractivity contribution in [1.29, 1.82) is 0 Å². The third-order valence-electron chi connectivity index (χ3n) is 10.8. The lowest BCUT2D eigenvalue weighted by Gasteiger charge is -2.20. The molecule has 0 saturated heterocycles. The minimum absolute atomic E-state index is 0.902. The number of benzene rings is 10. The van der Waals surface area contributed by atoms with Crippen LogP contribution < -0.4 is 0 Å². The zero-order valence-corrected chi connectivity index (χ0v) is 27.7. The maximum atomic E-state index is 6.62. The number of furan rings is 1. The van der Waals surface area contributed by atoms with E-state index in [9.17, 15) is 0 Å². The van der Waals surface area contributed by atoms with Crippen molar-refractivity contribution in [2.45, 2.75) is 0 Å². The fraction of sp³-hybridized carbons (Fsp3) is 0. The molecule has 0 atom stereocenters. The van der Waals surface area contributed by atoms with Crippen molar-refractivity contribution in [3.8, 4) is 33.4 Å². The van der Waals surface area contributed by atoms with Gasteiger partial charge in [-0.05, 0) is 112 Å². The maximum Gasteiger partial charge on any atom is 0.136 e. The molecule has 11 rings (SSSR count). The fourth-order valence-corrected chi connectivity index (χ4v) is 8.55. The Kier molecular flexibility index (Phi) is 6.02. The average Bonchev–Trinajstić information content (AvgIpc) is 3.56. The summed E-state index contributed by atoms with van der Waals surface area (Å²) >= 11 is 0. The number of rotatable bonds is 3. The smallest absolute Gasteiger partial charge is 0.136 e. The van der Waals surface area contributed by atoms with Crippen LogP contribution >= 0.6 is 0 Å². The topological polar surface area (TPSA) is 13.1 Å². The Morgan fingerprint density at radius 2 is 0.882 bits per heavy atom. The van der Waals surface area contributed by atoms with Crippen LogP contribution in [0.4, 0.5) is 0 Å². The van der Waals surface area contributed by atoms with Crippen LogP contribution in [0.5, 0.6) is 0 Å². The van der Waals surface area contributed by atoms with E-state index < -0.39 is 0 Å². The van der Waals surface area contributed by atoms with Crippen LogP contribution in [0.1, 0.15) is 0 Å². The molecule has 0 aliphatic rings. The van der Waals surface area contributed by atoms with Gasteiger partial charge in [-0.15, -0.1) is 0 Å². The monoisotopic (exact) mass is 646 g/mol. The molecular weight excluding hydrogens is 617 g/mol. The molecule has 236 valence electrons. The molecule has 1 nitrogen and oxygen atoms in total. The molecule has 1 aromatic heterocycles. The summed E-state index contributed by atoms with van der Waals surface area (Å²) in [5, 5.41) is 14.7. The highest BCUT2D eigenvalue weighted by Gasteiger charge is 2.22. The SMILES string of the molecule is c1ccc(-c2ccc3c(-c4cccc5c4ccc4ccccc45)c4ccccc4c(-c4cccc5oc6cc7ccccc7cc6c45)c3c2)cc1. The van der Waals surface area contributed by atoms with Crippen LogP contribution in [0.3, 0.4) is 0 Å². The van der Waals surface area contributed by atoms with Gasteiger partial charge in [-0.2, -0.15) is 0 Å². The summed E-state index contributed by atoms with van der Waals surface area (Å²) in [6.07, 6.45) is 0. The first kappa shape index (κ1) is 28.2. The molecule has 11 aromatic rings. The van der Waals surface area contributed by atoms with Crippen LogP contribution in [0.2, 0.25) is 0 Å².